The summed E-state index contributed by atoms with van der Waals surface area (Å²) in [4.78, 5) is 4.11. The molecule has 2 heterocycles. The summed E-state index contributed by atoms with van der Waals surface area (Å²) >= 11 is 0. The average Bonchev–Trinajstić information content (AvgIpc) is 3.09. The van der Waals surface area contributed by atoms with Crippen molar-refractivity contribution in [3.8, 4) is 0 Å². The van der Waals surface area contributed by atoms with Crippen LogP contribution in [0.5, 0.6) is 0 Å². The molecule has 2 aromatic rings. The molecule has 0 spiro atoms. The van der Waals surface area contributed by atoms with Crippen LogP contribution >= 0.6 is 0 Å². The molecule has 2 aliphatic rings. The van der Waals surface area contributed by atoms with Gasteiger partial charge in [0.15, 0.2) is 0 Å². The van der Waals surface area contributed by atoms with Gasteiger partial charge in [0.1, 0.15) is 10.7 Å². The van der Waals surface area contributed by atoms with Gasteiger partial charge in [-0.2, -0.15) is 4.31 Å². The molecule has 2 fully saturated rings. The molecule has 1 unspecified atom stereocenters. The highest BCUT2D eigenvalue weighted by Crippen LogP contribution is 2.24. The highest BCUT2D eigenvalue weighted by atomic mass is 32.2. The molecule has 6 nitrogen and oxygen atoms in total. The maximum Gasteiger partial charge on any atom is 0.246 e. The third kappa shape index (κ3) is 4.36. The van der Waals surface area contributed by atoms with Crippen LogP contribution in [0.15, 0.2) is 59.5 Å². The van der Waals surface area contributed by atoms with Crippen molar-refractivity contribution in [1.82, 2.24) is 14.1 Å². The summed E-state index contributed by atoms with van der Waals surface area (Å²) in [7, 11) is -3.85. The van der Waals surface area contributed by atoms with Crippen LogP contribution in [-0.2, 0) is 16.6 Å². The third-order valence-electron chi connectivity index (χ3n) is 5.78. The normalized spacial score (nSPS) is 24.8. The Morgan fingerprint density at radius 3 is 2.28 bits per heavy atom. The third-order valence-corrected chi connectivity index (χ3v) is 7.71. The van der Waals surface area contributed by atoms with Gasteiger partial charge in [0.2, 0.25) is 10.0 Å². The second-order valence-electron chi connectivity index (χ2n) is 7.68. The molecular formula is C21H26FN3O3S. The number of hydrogen-bond acceptors (Lipinski definition) is 5. The van der Waals surface area contributed by atoms with Crippen molar-refractivity contribution < 1.29 is 17.9 Å². The fourth-order valence-corrected chi connectivity index (χ4v) is 5.73. The number of halogens is 1. The summed E-state index contributed by atoms with van der Waals surface area (Å²) in [6.45, 7) is 3.76. The van der Waals surface area contributed by atoms with E-state index >= 15 is 0 Å². The molecule has 0 amide bonds. The zero-order valence-electron chi connectivity index (χ0n) is 16.2. The monoisotopic (exact) mass is 419 g/mol. The van der Waals surface area contributed by atoms with E-state index in [4.69, 9.17) is 0 Å². The zero-order chi connectivity index (χ0) is 20.4. The molecular weight excluding hydrogens is 393 g/mol. The number of piperazine rings is 1. The van der Waals surface area contributed by atoms with Crippen LogP contribution in [0.4, 0.5) is 4.39 Å². The molecule has 0 saturated carbocycles. The predicted molar refractivity (Wildman–Crippen MR) is 108 cm³/mol. The number of benzene rings is 2. The first-order valence-electron chi connectivity index (χ1n) is 9.88. The molecule has 0 aromatic heterocycles. The number of likely N-dealkylation sites (tertiary alicyclic amines) is 1. The fourth-order valence-electron chi connectivity index (χ4n) is 4.25. The van der Waals surface area contributed by atoms with Gasteiger partial charge in [-0.3, -0.25) is 9.80 Å². The van der Waals surface area contributed by atoms with Crippen molar-refractivity contribution in [1.29, 1.82) is 0 Å². The van der Waals surface area contributed by atoms with E-state index in [1.54, 1.807) is 0 Å². The lowest BCUT2D eigenvalue weighted by Gasteiger charge is -2.38. The van der Waals surface area contributed by atoms with Crippen molar-refractivity contribution in [2.45, 2.75) is 23.6 Å². The summed E-state index contributed by atoms with van der Waals surface area (Å²) in [5, 5.41) is 10.6. The quantitative estimate of drug-likeness (QED) is 0.793. The summed E-state index contributed by atoms with van der Waals surface area (Å²) in [6.07, 6.45) is -0.464. The van der Waals surface area contributed by atoms with Gasteiger partial charge in [0.25, 0.3) is 0 Å². The standard InChI is InChI=1S/C21H26FN3O3S/c22-18-8-4-5-9-21(18)29(27,28)25-12-10-24(11-13-25)19-15-23(16-20(19)26)14-17-6-2-1-3-7-17/h1-9,19-20,26H,10-16H2/t19-,20?/m1/s1. The Kier molecular flexibility index (Phi) is 5.98. The van der Waals surface area contributed by atoms with E-state index in [0.717, 1.165) is 13.1 Å². The Morgan fingerprint density at radius 2 is 1.59 bits per heavy atom. The number of rotatable bonds is 5. The lowest BCUT2D eigenvalue weighted by atomic mass is 10.1. The number of β-amino-alcohol motifs (C(OH)–C–C–N with tert-alkyl or cyclic N) is 1. The predicted octanol–water partition coefficient (Wildman–Crippen LogP) is 1.38. The van der Waals surface area contributed by atoms with Crippen molar-refractivity contribution in [3.63, 3.8) is 0 Å². The first kappa shape index (κ1) is 20.4. The van der Waals surface area contributed by atoms with Crippen LogP contribution in [0.1, 0.15) is 5.56 Å². The molecule has 2 atom stereocenters. The SMILES string of the molecule is O=S(=O)(c1ccccc1F)N1CCN([C@@H]2CN(Cc3ccccc3)CC2O)CC1. The van der Waals surface area contributed by atoms with E-state index in [2.05, 4.69) is 21.9 Å². The molecule has 4 rings (SSSR count). The highest BCUT2D eigenvalue weighted by molar-refractivity contribution is 7.89. The number of hydrogen-bond donors (Lipinski definition) is 1. The number of nitrogens with zero attached hydrogens (tertiary/aromatic N) is 3. The van der Waals surface area contributed by atoms with Gasteiger partial charge in [-0.25, -0.2) is 12.8 Å². The fraction of sp³-hybridized carbons (Fsp3) is 0.429. The summed E-state index contributed by atoms with van der Waals surface area (Å²) in [6, 6.07) is 15.6. The van der Waals surface area contributed by atoms with Gasteiger partial charge in [-0.15, -0.1) is 0 Å². The van der Waals surface area contributed by atoms with E-state index in [1.807, 2.05) is 18.2 Å². The molecule has 156 valence electrons. The Labute approximate surface area is 171 Å². The molecule has 2 saturated heterocycles. The molecule has 2 aliphatic heterocycles. The van der Waals surface area contributed by atoms with E-state index in [0.29, 0.717) is 32.7 Å². The van der Waals surface area contributed by atoms with Gasteiger partial charge in [0, 0.05) is 51.9 Å². The van der Waals surface area contributed by atoms with Gasteiger partial charge in [-0.1, -0.05) is 42.5 Å². The maximum atomic E-state index is 14.0. The first-order valence-corrected chi connectivity index (χ1v) is 11.3. The smallest absolute Gasteiger partial charge is 0.246 e. The van der Waals surface area contributed by atoms with Crippen molar-refractivity contribution in [2.24, 2.45) is 0 Å². The van der Waals surface area contributed by atoms with Crippen LogP contribution in [0.25, 0.3) is 0 Å². The minimum absolute atomic E-state index is 0.0166. The molecule has 0 aliphatic carbocycles. The topological polar surface area (TPSA) is 64.1 Å². The Bertz CT molecular complexity index is 933. The molecule has 8 heteroatoms. The minimum Gasteiger partial charge on any atom is -0.390 e. The van der Waals surface area contributed by atoms with E-state index < -0.39 is 21.9 Å². The van der Waals surface area contributed by atoms with E-state index in [9.17, 15) is 17.9 Å². The van der Waals surface area contributed by atoms with Crippen LogP contribution in [0.3, 0.4) is 0 Å². The summed E-state index contributed by atoms with van der Waals surface area (Å²) in [5.41, 5.74) is 1.21. The first-order chi connectivity index (χ1) is 13.9. The van der Waals surface area contributed by atoms with Gasteiger partial charge in [-0.05, 0) is 17.7 Å². The second kappa shape index (κ2) is 8.49. The zero-order valence-corrected chi connectivity index (χ0v) is 17.0. The van der Waals surface area contributed by atoms with Crippen molar-refractivity contribution in [3.05, 3.63) is 66.0 Å². The van der Waals surface area contributed by atoms with Crippen molar-refractivity contribution >= 4 is 10.0 Å². The highest BCUT2D eigenvalue weighted by Gasteiger charge is 2.38. The number of aliphatic hydroxyl groups is 1. The van der Waals surface area contributed by atoms with Gasteiger partial charge >= 0.3 is 0 Å². The van der Waals surface area contributed by atoms with E-state index in [-0.39, 0.29) is 10.9 Å². The largest absolute Gasteiger partial charge is 0.390 e. The second-order valence-corrected chi connectivity index (χ2v) is 9.59. The molecule has 1 N–H and O–H groups in total. The lowest BCUT2D eigenvalue weighted by molar-refractivity contribution is 0.0618. The molecule has 0 radical (unpaired) electrons. The van der Waals surface area contributed by atoms with Gasteiger partial charge in [0.05, 0.1) is 6.10 Å². The Balaban J connectivity index is 1.36. The van der Waals surface area contributed by atoms with Crippen LogP contribution in [0, 0.1) is 5.82 Å². The molecule has 29 heavy (non-hydrogen) atoms. The Morgan fingerprint density at radius 1 is 0.931 bits per heavy atom. The number of sulfonamides is 1. The maximum absolute atomic E-state index is 14.0. The van der Waals surface area contributed by atoms with Crippen LogP contribution in [-0.4, -0.2) is 79.0 Å². The van der Waals surface area contributed by atoms with Crippen molar-refractivity contribution in [2.75, 3.05) is 39.3 Å². The lowest BCUT2D eigenvalue weighted by Crippen LogP contribution is -2.54. The average molecular weight is 420 g/mol. The Hall–Kier alpha value is -1.84. The summed E-state index contributed by atoms with van der Waals surface area (Å²) < 4.78 is 40.9. The van der Waals surface area contributed by atoms with Crippen LogP contribution in [0.2, 0.25) is 0 Å². The number of aliphatic hydroxyl groups excluding tert-OH is 1. The summed E-state index contributed by atoms with van der Waals surface area (Å²) in [5.74, 6) is -0.724. The van der Waals surface area contributed by atoms with Gasteiger partial charge < -0.3 is 5.11 Å². The molecule has 2 aromatic carbocycles. The minimum atomic E-state index is -3.85. The van der Waals surface area contributed by atoms with E-state index in [1.165, 1.54) is 34.1 Å². The molecule has 0 bridgehead atoms. The van der Waals surface area contributed by atoms with Crippen LogP contribution < -0.4 is 0 Å².